The van der Waals surface area contributed by atoms with Gasteiger partial charge in [0.05, 0.1) is 23.6 Å². The summed E-state index contributed by atoms with van der Waals surface area (Å²) >= 11 is 12.6. The number of carboxylic acid groups (broad SMARTS) is 1. The number of carbonyl (C=O) groups is 2. The number of aromatic nitrogens is 1. The maximum Gasteiger partial charge on any atom is 0.311 e. The fourth-order valence-corrected chi connectivity index (χ4v) is 4.79. The number of hydrogen-bond acceptors (Lipinski definition) is 3. The van der Waals surface area contributed by atoms with Gasteiger partial charge in [-0.05, 0) is 67.6 Å². The molecule has 0 aliphatic heterocycles. The molecular weight excluding hydrogens is 425 g/mol. The lowest BCUT2D eigenvalue weighted by Crippen LogP contribution is -2.27. The van der Waals surface area contributed by atoms with Crippen LogP contribution in [0.2, 0.25) is 10.0 Å². The summed E-state index contributed by atoms with van der Waals surface area (Å²) in [5.74, 6) is -1.43. The zero-order valence-corrected chi connectivity index (χ0v) is 18.1. The van der Waals surface area contributed by atoms with Crippen molar-refractivity contribution in [3.63, 3.8) is 0 Å². The second-order valence-corrected chi connectivity index (χ2v) is 8.44. The summed E-state index contributed by atoms with van der Waals surface area (Å²) in [7, 11) is 1.51. The molecule has 0 spiro atoms. The Balaban J connectivity index is 2.01. The number of methoxy groups -OCH3 is 1. The highest BCUT2D eigenvalue weighted by molar-refractivity contribution is 6.37. The van der Waals surface area contributed by atoms with Gasteiger partial charge in [-0.3, -0.25) is 14.2 Å². The topological polar surface area (TPSA) is 68.5 Å². The molecule has 1 N–H and O–H groups in total. The van der Waals surface area contributed by atoms with E-state index in [0.29, 0.717) is 43.5 Å². The molecule has 4 rings (SSSR count). The number of ether oxygens (including phenoxy) is 1. The monoisotopic (exact) mass is 445 g/mol. The zero-order chi connectivity index (χ0) is 21.6. The summed E-state index contributed by atoms with van der Waals surface area (Å²) in [6.45, 7) is 1.78. The van der Waals surface area contributed by atoms with Crippen LogP contribution in [0.3, 0.4) is 0 Å². The largest absolute Gasteiger partial charge is 0.495 e. The number of carbonyl (C=O) groups excluding carboxylic acids is 1. The van der Waals surface area contributed by atoms with Crippen LogP contribution in [0, 0.1) is 12.8 Å². The van der Waals surface area contributed by atoms with E-state index >= 15 is 0 Å². The maximum atomic E-state index is 13.4. The molecule has 5 nitrogen and oxygen atoms in total. The molecule has 1 fully saturated rings. The number of aliphatic carboxylic acids is 1. The number of benzene rings is 2. The van der Waals surface area contributed by atoms with Crippen LogP contribution in [-0.4, -0.2) is 28.7 Å². The van der Waals surface area contributed by atoms with Gasteiger partial charge < -0.3 is 9.84 Å². The van der Waals surface area contributed by atoms with Gasteiger partial charge in [0.2, 0.25) is 0 Å². The van der Waals surface area contributed by atoms with Gasteiger partial charge in [0, 0.05) is 21.7 Å². The second kappa shape index (κ2) is 7.97. The average molecular weight is 446 g/mol. The van der Waals surface area contributed by atoms with Crippen LogP contribution in [0.5, 0.6) is 5.75 Å². The van der Waals surface area contributed by atoms with E-state index in [1.54, 1.807) is 47.9 Å². The van der Waals surface area contributed by atoms with Crippen molar-refractivity contribution in [2.75, 3.05) is 7.11 Å². The van der Waals surface area contributed by atoms with Crippen molar-refractivity contribution in [1.82, 2.24) is 4.57 Å². The van der Waals surface area contributed by atoms with Crippen LogP contribution in [0.25, 0.3) is 10.9 Å². The van der Waals surface area contributed by atoms with Crippen molar-refractivity contribution in [2.24, 2.45) is 5.92 Å². The smallest absolute Gasteiger partial charge is 0.311 e. The van der Waals surface area contributed by atoms with Crippen molar-refractivity contribution < 1.29 is 19.4 Å². The van der Waals surface area contributed by atoms with Crippen LogP contribution < -0.4 is 4.74 Å². The normalized spacial score (nSPS) is 15.1. The third-order valence-electron chi connectivity index (χ3n) is 6.03. The molecule has 1 saturated carbocycles. The zero-order valence-electron chi connectivity index (χ0n) is 16.6. The molecule has 0 radical (unpaired) electrons. The second-order valence-electron chi connectivity index (χ2n) is 7.63. The minimum Gasteiger partial charge on any atom is -0.495 e. The van der Waals surface area contributed by atoms with Crippen molar-refractivity contribution in [3.8, 4) is 5.75 Å². The molecule has 1 heterocycles. The SMILES string of the molecule is COc1ccc2c(c1Cl)c(C(C(=O)O)C1CCC1)c(C)n2C(=O)c1ccc(Cl)cc1. The molecule has 0 bridgehead atoms. The van der Waals surface area contributed by atoms with E-state index in [4.69, 9.17) is 27.9 Å². The van der Waals surface area contributed by atoms with E-state index in [1.807, 2.05) is 0 Å². The van der Waals surface area contributed by atoms with E-state index in [-0.39, 0.29) is 11.8 Å². The summed E-state index contributed by atoms with van der Waals surface area (Å²) in [5.41, 5.74) is 2.19. The predicted octanol–water partition coefficient (Wildman–Crippen LogP) is 5.92. The van der Waals surface area contributed by atoms with E-state index in [9.17, 15) is 14.7 Å². The highest BCUT2D eigenvalue weighted by Crippen LogP contribution is 2.47. The van der Waals surface area contributed by atoms with Gasteiger partial charge in [-0.2, -0.15) is 0 Å². The van der Waals surface area contributed by atoms with E-state index in [0.717, 1.165) is 19.3 Å². The van der Waals surface area contributed by atoms with Crippen molar-refractivity contribution >= 4 is 46.0 Å². The van der Waals surface area contributed by atoms with Crippen LogP contribution in [0.4, 0.5) is 0 Å². The Kier molecular flexibility index (Phi) is 5.51. The van der Waals surface area contributed by atoms with E-state index < -0.39 is 11.9 Å². The Morgan fingerprint density at radius 1 is 1.13 bits per heavy atom. The first-order chi connectivity index (χ1) is 14.3. The maximum absolute atomic E-state index is 13.4. The molecule has 7 heteroatoms. The van der Waals surface area contributed by atoms with Crippen LogP contribution in [0.15, 0.2) is 36.4 Å². The number of carboxylic acids is 1. The Morgan fingerprint density at radius 2 is 1.80 bits per heavy atom. The first-order valence-corrected chi connectivity index (χ1v) is 10.5. The number of fused-ring (bicyclic) bond motifs is 1. The van der Waals surface area contributed by atoms with Crippen LogP contribution in [0.1, 0.15) is 46.8 Å². The Bertz CT molecular complexity index is 1150. The third-order valence-corrected chi connectivity index (χ3v) is 6.66. The predicted molar refractivity (Wildman–Crippen MR) is 117 cm³/mol. The molecule has 2 aromatic carbocycles. The fourth-order valence-electron chi connectivity index (χ4n) is 4.33. The molecule has 0 amide bonds. The molecule has 0 saturated heterocycles. The summed E-state index contributed by atoms with van der Waals surface area (Å²) < 4.78 is 6.92. The number of rotatable bonds is 5. The minimum absolute atomic E-state index is 0.0214. The third kappa shape index (κ3) is 3.26. The quantitative estimate of drug-likeness (QED) is 0.528. The van der Waals surface area contributed by atoms with Crippen LogP contribution in [-0.2, 0) is 4.79 Å². The van der Waals surface area contributed by atoms with Gasteiger partial charge in [-0.15, -0.1) is 0 Å². The highest BCUT2D eigenvalue weighted by atomic mass is 35.5. The minimum atomic E-state index is -0.903. The summed E-state index contributed by atoms with van der Waals surface area (Å²) in [6, 6.07) is 10.1. The lowest BCUT2D eigenvalue weighted by Gasteiger charge is -2.31. The van der Waals surface area contributed by atoms with E-state index in [1.165, 1.54) is 7.11 Å². The first kappa shape index (κ1) is 20.8. The Labute approximate surface area is 184 Å². The van der Waals surface area contributed by atoms with Gasteiger partial charge in [0.15, 0.2) is 0 Å². The fraction of sp³-hybridized carbons (Fsp3) is 0.304. The highest BCUT2D eigenvalue weighted by Gasteiger charge is 2.38. The lowest BCUT2D eigenvalue weighted by atomic mass is 9.72. The average Bonchev–Trinajstić information content (AvgIpc) is 2.97. The molecular formula is C23H21Cl2NO4. The Morgan fingerprint density at radius 3 is 2.33 bits per heavy atom. The molecule has 30 heavy (non-hydrogen) atoms. The van der Waals surface area contributed by atoms with Crippen molar-refractivity contribution in [3.05, 3.63) is 63.3 Å². The molecule has 1 aliphatic rings. The standard InChI is InChI=1S/C23H21Cl2NO4/c1-12-18(19(23(28)29)13-4-3-5-13)20-16(10-11-17(30-2)21(20)25)26(12)22(27)14-6-8-15(24)9-7-14/h6-11,13,19H,3-5H2,1-2H3,(H,28,29). The summed E-state index contributed by atoms with van der Waals surface area (Å²) in [6.07, 6.45) is 2.69. The number of nitrogens with zero attached hydrogens (tertiary/aromatic N) is 1. The summed E-state index contributed by atoms with van der Waals surface area (Å²) in [4.78, 5) is 25.7. The van der Waals surface area contributed by atoms with Gasteiger partial charge >= 0.3 is 5.97 Å². The molecule has 1 atom stereocenters. The molecule has 3 aromatic rings. The van der Waals surface area contributed by atoms with Gasteiger partial charge in [-0.1, -0.05) is 29.6 Å². The number of hydrogen-bond donors (Lipinski definition) is 1. The molecule has 1 aromatic heterocycles. The lowest BCUT2D eigenvalue weighted by molar-refractivity contribution is -0.141. The molecule has 156 valence electrons. The Hall–Kier alpha value is -2.50. The van der Waals surface area contributed by atoms with Gasteiger partial charge in [0.25, 0.3) is 5.91 Å². The summed E-state index contributed by atoms with van der Waals surface area (Å²) in [5, 5.41) is 11.5. The van der Waals surface area contributed by atoms with Gasteiger partial charge in [0.1, 0.15) is 5.75 Å². The van der Waals surface area contributed by atoms with Crippen molar-refractivity contribution in [2.45, 2.75) is 32.1 Å². The number of halogens is 2. The van der Waals surface area contributed by atoms with Gasteiger partial charge in [-0.25, -0.2) is 0 Å². The van der Waals surface area contributed by atoms with E-state index in [2.05, 4.69) is 0 Å². The molecule has 1 unspecified atom stereocenters. The van der Waals surface area contributed by atoms with Crippen LogP contribution >= 0.6 is 23.2 Å². The first-order valence-electron chi connectivity index (χ1n) is 9.75. The van der Waals surface area contributed by atoms with Crippen molar-refractivity contribution in [1.29, 1.82) is 0 Å². The molecule has 1 aliphatic carbocycles.